The predicted molar refractivity (Wildman–Crippen MR) is 102 cm³/mol. The first kappa shape index (κ1) is 17.1. The van der Waals surface area contributed by atoms with Crippen LogP contribution in [-0.4, -0.2) is 36.5 Å². The lowest BCUT2D eigenvalue weighted by Crippen LogP contribution is -2.35. The van der Waals surface area contributed by atoms with E-state index in [1.807, 2.05) is 0 Å². The molecule has 2 saturated carbocycles. The number of likely N-dealkylation sites (tertiary alicyclic amines) is 1. The predicted octanol–water partition coefficient (Wildman–Crippen LogP) is 3.56. The molecule has 0 atom stereocenters. The van der Waals surface area contributed by atoms with Gasteiger partial charge in [0.1, 0.15) is 0 Å². The van der Waals surface area contributed by atoms with E-state index in [1.54, 1.807) is 0 Å². The topological polar surface area (TPSA) is 32.3 Å². The highest BCUT2D eigenvalue weighted by atomic mass is 16.1. The number of aryl methyl sites for hydroxylation is 1. The highest BCUT2D eigenvalue weighted by Gasteiger charge is 2.27. The number of nitrogens with one attached hydrogen (secondary N) is 1. The van der Waals surface area contributed by atoms with E-state index in [4.69, 9.17) is 0 Å². The first-order valence-electron chi connectivity index (χ1n) is 10.3. The highest BCUT2D eigenvalue weighted by molar-refractivity contribution is 5.76. The molecule has 3 nitrogen and oxygen atoms in total. The molecule has 2 aliphatic carbocycles. The van der Waals surface area contributed by atoms with E-state index < -0.39 is 0 Å². The number of hydrogen-bond donors (Lipinski definition) is 1. The standard InChI is InChI=1S/C22H32N2O/c25-22(23-21-8-9-21)10-7-17-1-3-18(4-2-17)15-19-11-13-24(14-12-19)16-20-5-6-20/h1-4,19-21H,5-16H2,(H,23,25). The fraction of sp³-hybridized carbons (Fsp3) is 0.682. The van der Waals surface area contributed by atoms with E-state index in [1.165, 1.54) is 75.7 Å². The van der Waals surface area contributed by atoms with Gasteiger partial charge in [-0.15, -0.1) is 0 Å². The second kappa shape index (κ2) is 7.90. The Labute approximate surface area is 152 Å². The van der Waals surface area contributed by atoms with Gasteiger partial charge in [-0.2, -0.15) is 0 Å². The second-order valence-corrected chi connectivity index (χ2v) is 8.55. The molecule has 4 rings (SSSR count). The average Bonchev–Trinajstić information content (AvgIpc) is 3.53. The fourth-order valence-corrected chi connectivity index (χ4v) is 4.00. The van der Waals surface area contributed by atoms with Crippen molar-refractivity contribution in [3.8, 4) is 0 Å². The maximum absolute atomic E-state index is 11.8. The summed E-state index contributed by atoms with van der Waals surface area (Å²) < 4.78 is 0. The van der Waals surface area contributed by atoms with Gasteiger partial charge in [0.15, 0.2) is 0 Å². The molecule has 3 heteroatoms. The Morgan fingerprint density at radius 1 is 0.920 bits per heavy atom. The van der Waals surface area contributed by atoms with Crippen LogP contribution >= 0.6 is 0 Å². The minimum atomic E-state index is 0.213. The fourth-order valence-electron chi connectivity index (χ4n) is 4.00. The molecular weight excluding hydrogens is 308 g/mol. The van der Waals surface area contributed by atoms with Gasteiger partial charge >= 0.3 is 0 Å². The number of piperidine rings is 1. The van der Waals surface area contributed by atoms with Crippen LogP contribution in [0.25, 0.3) is 0 Å². The minimum Gasteiger partial charge on any atom is -0.353 e. The summed E-state index contributed by atoms with van der Waals surface area (Å²) in [6.07, 6.45) is 10.7. The van der Waals surface area contributed by atoms with Crippen molar-refractivity contribution in [2.75, 3.05) is 19.6 Å². The molecule has 1 amide bonds. The van der Waals surface area contributed by atoms with Crippen LogP contribution in [0, 0.1) is 11.8 Å². The van der Waals surface area contributed by atoms with Gasteiger partial charge in [-0.3, -0.25) is 4.79 Å². The molecule has 0 spiro atoms. The van der Waals surface area contributed by atoms with Gasteiger partial charge in [-0.1, -0.05) is 24.3 Å². The van der Waals surface area contributed by atoms with Crippen molar-refractivity contribution in [3.63, 3.8) is 0 Å². The largest absolute Gasteiger partial charge is 0.353 e. The van der Waals surface area contributed by atoms with E-state index in [0.29, 0.717) is 12.5 Å². The Morgan fingerprint density at radius 3 is 2.24 bits per heavy atom. The van der Waals surface area contributed by atoms with Crippen molar-refractivity contribution in [3.05, 3.63) is 35.4 Å². The summed E-state index contributed by atoms with van der Waals surface area (Å²) in [4.78, 5) is 14.5. The van der Waals surface area contributed by atoms with Gasteiger partial charge in [0.2, 0.25) is 5.91 Å². The lowest BCUT2D eigenvalue weighted by molar-refractivity contribution is -0.121. The smallest absolute Gasteiger partial charge is 0.220 e. The Hall–Kier alpha value is -1.35. The zero-order valence-electron chi connectivity index (χ0n) is 15.4. The van der Waals surface area contributed by atoms with Crippen LogP contribution in [0.15, 0.2) is 24.3 Å². The first-order valence-corrected chi connectivity index (χ1v) is 10.3. The molecular formula is C22H32N2O. The van der Waals surface area contributed by atoms with Gasteiger partial charge in [0.25, 0.3) is 0 Å². The lowest BCUT2D eigenvalue weighted by atomic mass is 9.89. The van der Waals surface area contributed by atoms with Crippen LogP contribution in [0.2, 0.25) is 0 Å². The third-order valence-corrected chi connectivity index (χ3v) is 6.05. The van der Waals surface area contributed by atoms with Gasteiger partial charge < -0.3 is 10.2 Å². The Morgan fingerprint density at radius 2 is 1.60 bits per heavy atom. The summed E-state index contributed by atoms with van der Waals surface area (Å²) >= 11 is 0. The summed E-state index contributed by atoms with van der Waals surface area (Å²) in [6.45, 7) is 3.96. The SMILES string of the molecule is O=C(CCc1ccc(CC2CCN(CC3CC3)CC2)cc1)NC1CC1. The quantitative estimate of drug-likeness (QED) is 0.785. The lowest BCUT2D eigenvalue weighted by Gasteiger charge is -2.32. The number of hydrogen-bond acceptors (Lipinski definition) is 2. The molecule has 1 aromatic carbocycles. The van der Waals surface area contributed by atoms with Crippen LogP contribution in [0.3, 0.4) is 0 Å². The van der Waals surface area contributed by atoms with Crippen LogP contribution in [-0.2, 0) is 17.6 Å². The third-order valence-electron chi connectivity index (χ3n) is 6.05. The number of carbonyl (C=O) groups excluding carboxylic acids is 1. The van der Waals surface area contributed by atoms with E-state index >= 15 is 0 Å². The van der Waals surface area contributed by atoms with Crippen LogP contribution in [0.1, 0.15) is 56.1 Å². The Bertz CT molecular complexity index is 566. The van der Waals surface area contributed by atoms with Crippen LogP contribution in [0.4, 0.5) is 0 Å². The van der Waals surface area contributed by atoms with E-state index in [2.05, 4.69) is 34.5 Å². The van der Waals surface area contributed by atoms with Crippen molar-refractivity contribution in [2.24, 2.45) is 11.8 Å². The van der Waals surface area contributed by atoms with Gasteiger partial charge in [-0.25, -0.2) is 0 Å². The van der Waals surface area contributed by atoms with Crippen molar-refractivity contribution in [1.29, 1.82) is 0 Å². The minimum absolute atomic E-state index is 0.213. The van der Waals surface area contributed by atoms with Gasteiger partial charge in [0, 0.05) is 19.0 Å². The molecule has 0 aromatic heterocycles. The van der Waals surface area contributed by atoms with Crippen molar-refractivity contribution >= 4 is 5.91 Å². The number of rotatable bonds is 8. The number of amides is 1. The summed E-state index contributed by atoms with van der Waals surface area (Å²) in [5.74, 6) is 2.09. The summed E-state index contributed by atoms with van der Waals surface area (Å²) in [5.41, 5.74) is 2.75. The van der Waals surface area contributed by atoms with Crippen LogP contribution in [0.5, 0.6) is 0 Å². The molecule has 1 saturated heterocycles. The molecule has 0 bridgehead atoms. The molecule has 1 aromatic rings. The Balaban J connectivity index is 1.17. The maximum atomic E-state index is 11.8. The second-order valence-electron chi connectivity index (χ2n) is 8.55. The highest BCUT2D eigenvalue weighted by Crippen LogP contribution is 2.31. The van der Waals surface area contributed by atoms with Crippen molar-refractivity contribution in [2.45, 2.75) is 63.8 Å². The van der Waals surface area contributed by atoms with E-state index in [9.17, 15) is 4.79 Å². The molecule has 25 heavy (non-hydrogen) atoms. The molecule has 3 fully saturated rings. The van der Waals surface area contributed by atoms with E-state index in [0.717, 1.165) is 18.3 Å². The molecule has 1 N–H and O–H groups in total. The summed E-state index contributed by atoms with van der Waals surface area (Å²) in [6, 6.07) is 9.49. The third kappa shape index (κ3) is 5.57. The molecule has 0 radical (unpaired) electrons. The monoisotopic (exact) mass is 340 g/mol. The summed E-state index contributed by atoms with van der Waals surface area (Å²) in [5, 5.41) is 3.07. The molecule has 1 heterocycles. The number of benzene rings is 1. The average molecular weight is 341 g/mol. The molecule has 1 aliphatic heterocycles. The van der Waals surface area contributed by atoms with Gasteiger partial charge in [0.05, 0.1) is 0 Å². The molecule has 3 aliphatic rings. The van der Waals surface area contributed by atoms with Crippen molar-refractivity contribution in [1.82, 2.24) is 10.2 Å². The Kier molecular flexibility index (Phi) is 5.40. The molecule has 136 valence electrons. The number of nitrogens with zero attached hydrogens (tertiary/aromatic N) is 1. The zero-order valence-corrected chi connectivity index (χ0v) is 15.4. The van der Waals surface area contributed by atoms with Crippen LogP contribution < -0.4 is 5.32 Å². The normalized spacial score (nSPS) is 22.1. The van der Waals surface area contributed by atoms with E-state index in [-0.39, 0.29) is 5.91 Å². The first-order chi connectivity index (χ1) is 12.2. The summed E-state index contributed by atoms with van der Waals surface area (Å²) in [7, 11) is 0. The van der Waals surface area contributed by atoms with Gasteiger partial charge in [-0.05, 0) is 87.4 Å². The molecule has 0 unspecified atom stereocenters. The van der Waals surface area contributed by atoms with Crippen molar-refractivity contribution < 1.29 is 4.79 Å². The maximum Gasteiger partial charge on any atom is 0.220 e. The number of carbonyl (C=O) groups is 1. The zero-order chi connectivity index (χ0) is 17.1.